The largest absolute Gasteiger partial charge is 0.236 e. The van der Waals surface area contributed by atoms with Gasteiger partial charge in [-0.1, -0.05) is 36.4 Å². The summed E-state index contributed by atoms with van der Waals surface area (Å²) in [6.45, 7) is 0. The van der Waals surface area contributed by atoms with Gasteiger partial charge in [-0.3, -0.25) is 0 Å². The Bertz CT molecular complexity index is 846. The normalized spacial score (nSPS) is 11.5. The van der Waals surface area contributed by atoms with E-state index in [0.29, 0.717) is 0 Å². The molecule has 80 valence electrons. The average molecular weight is 219 g/mol. The van der Waals surface area contributed by atoms with Crippen molar-refractivity contribution in [2.45, 2.75) is 0 Å². The summed E-state index contributed by atoms with van der Waals surface area (Å²) in [6, 6.07) is 14.5. The van der Waals surface area contributed by atoms with Crippen LogP contribution in [0, 0.1) is 0 Å². The highest BCUT2D eigenvalue weighted by molar-refractivity contribution is 6.05. The lowest BCUT2D eigenvalue weighted by molar-refractivity contribution is 0.987. The van der Waals surface area contributed by atoms with Gasteiger partial charge in [0.05, 0.1) is 11.7 Å². The number of benzene rings is 2. The maximum absolute atomic E-state index is 4.38. The van der Waals surface area contributed by atoms with Gasteiger partial charge < -0.3 is 0 Å². The van der Waals surface area contributed by atoms with E-state index in [4.69, 9.17) is 0 Å². The molecule has 2 aromatic heterocycles. The lowest BCUT2D eigenvalue weighted by atomic mass is 10.1. The maximum Gasteiger partial charge on any atom is 0.155 e. The Kier molecular flexibility index (Phi) is 1.56. The summed E-state index contributed by atoms with van der Waals surface area (Å²) in [5.41, 5.74) is 2.01. The maximum atomic E-state index is 4.38. The molecule has 4 aromatic rings. The van der Waals surface area contributed by atoms with Gasteiger partial charge in [-0.15, -0.1) is 0 Å². The number of aromatic nitrogens is 3. The molecule has 3 heteroatoms. The van der Waals surface area contributed by atoms with E-state index in [0.717, 1.165) is 16.6 Å². The van der Waals surface area contributed by atoms with Crippen molar-refractivity contribution in [1.29, 1.82) is 0 Å². The molecule has 17 heavy (non-hydrogen) atoms. The predicted octanol–water partition coefficient (Wildman–Crippen LogP) is 3.04. The van der Waals surface area contributed by atoms with Gasteiger partial charge in [0, 0.05) is 23.0 Å². The van der Waals surface area contributed by atoms with E-state index in [-0.39, 0.29) is 0 Å². The molecule has 0 radical (unpaired) electrons. The molecule has 0 amide bonds. The number of fused-ring (bicyclic) bond motifs is 5. The second-order valence-electron chi connectivity index (χ2n) is 4.08. The Labute approximate surface area is 97.3 Å². The van der Waals surface area contributed by atoms with Crippen LogP contribution in [0.4, 0.5) is 0 Å². The van der Waals surface area contributed by atoms with Crippen molar-refractivity contribution in [3.05, 3.63) is 54.9 Å². The quantitative estimate of drug-likeness (QED) is 0.425. The molecule has 0 saturated heterocycles. The van der Waals surface area contributed by atoms with Gasteiger partial charge >= 0.3 is 0 Å². The summed E-state index contributed by atoms with van der Waals surface area (Å²) >= 11 is 0. The van der Waals surface area contributed by atoms with Crippen molar-refractivity contribution in [2.75, 3.05) is 0 Å². The fourth-order valence-electron chi connectivity index (χ4n) is 2.31. The third-order valence-corrected chi connectivity index (χ3v) is 3.10. The Balaban J connectivity index is 2.41. The molecule has 3 nitrogen and oxygen atoms in total. The zero-order chi connectivity index (χ0) is 11.2. The van der Waals surface area contributed by atoms with E-state index in [2.05, 4.69) is 46.5 Å². The molecule has 2 aromatic carbocycles. The minimum Gasteiger partial charge on any atom is -0.236 e. The summed E-state index contributed by atoms with van der Waals surface area (Å²) < 4.78 is 1.90. The highest BCUT2D eigenvalue weighted by Crippen LogP contribution is 2.24. The van der Waals surface area contributed by atoms with E-state index in [1.165, 1.54) is 10.8 Å². The highest BCUT2D eigenvalue weighted by atomic mass is 15.2. The van der Waals surface area contributed by atoms with Crippen LogP contribution in [0.2, 0.25) is 0 Å². The van der Waals surface area contributed by atoms with Crippen LogP contribution >= 0.6 is 0 Å². The number of hydrogen-bond acceptors (Lipinski definition) is 2. The molecule has 0 aliphatic carbocycles. The fraction of sp³-hybridized carbons (Fsp3) is 0. The van der Waals surface area contributed by atoms with Gasteiger partial charge in [0.25, 0.3) is 0 Å². The van der Waals surface area contributed by atoms with Gasteiger partial charge in [0.1, 0.15) is 0 Å². The Hall–Kier alpha value is -2.42. The van der Waals surface area contributed by atoms with Gasteiger partial charge in [-0.05, 0) is 5.39 Å². The van der Waals surface area contributed by atoms with Crippen molar-refractivity contribution in [3.8, 4) is 0 Å². The molecule has 4 rings (SSSR count). The monoisotopic (exact) mass is 219 g/mol. The van der Waals surface area contributed by atoms with Crippen molar-refractivity contribution >= 4 is 27.3 Å². The molecule has 0 atom stereocenters. The van der Waals surface area contributed by atoms with E-state index in [1.807, 2.05) is 16.8 Å². The first-order valence-electron chi connectivity index (χ1n) is 5.54. The summed E-state index contributed by atoms with van der Waals surface area (Å²) in [5.74, 6) is 0. The van der Waals surface area contributed by atoms with Gasteiger partial charge in [0.2, 0.25) is 0 Å². The standard InChI is InChI=1S/C14H9N3/c1-2-4-12-10(3-1)5-6-11-9-15-13-7-8-16-17(13)14(11)12/h1-9H. The lowest BCUT2D eigenvalue weighted by Gasteiger charge is -2.05. The molecular weight excluding hydrogens is 210 g/mol. The predicted molar refractivity (Wildman–Crippen MR) is 68.0 cm³/mol. The Morgan fingerprint density at radius 2 is 1.76 bits per heavy atom. The summed E-state index contributed by atoms with van der Waals surface area (Å²) in [4.78, 5) is 4.38. The Morgan fingerprint density at radius 3 is 2.76 bits per heavy atom. The Morgan fingerprint density at radius 1 is 0.882 bits per heavy atom. The van der Waals surface area contributed by atoms with Crippen LogP contribution in [-0.2, 0) is 0 Å². The summed E-state index contributed by atoms with van der Waals surface area (Å²) in [6.07, 6.45) is 3.68. The van der Waals surface area contributed by atoms with Crippen molar-refractivity contribution in [1.82, 2.24) is 14.6 Å². The molecule has 0 aliphatic heterocycles. The molecule has 0 fully saturated rings. The molecule has 0 N–H and O–H groups in total. The van der Waals surface area contributed by atoms with Crippen molar-refractivity contribution in [2.24, 2.45) is 0 Å². The van der Waals surface area contributed by atoms with Crippen LogP contribution in [0.3, 0.4) is 0 Å². The topological polar surface area (TPSA) is 30.2 Å². The molecule has 0 bridgehead atoms. The molecule has 2 heterocycles. The van der Waals surface area contributed by atoms with Crippen LogP contribution in [0.5, 0.6) is 0 Å². The minimum absolute atomic E-state index is 0.883. The highest BCUT2D eigenvalue weighted by Gasteiger charge is 2.05. The van der Waals surface area contributed by atoms with E-state index in [9.17, 15) is 0 Å². The average Bonchev–Trinajstić information content (AvgIpc) is 2.86. The van der Waals surface area contributed by atoms with Crippen LogP contribution < -0.4 is 0 Å². The molecule has 0 spiro atoms. The van der Waals surface area contributed by atoms with Gasteiger partial charge in [-0.2, -0.15) is 5.10 Å². The molecular formula is C14H9N3. The minimum atomic E-state index is 0.883. The summed E-state index contributed by atoms with van der Waals surface area (Å²) in [7, 11) is 0. The lowest BCUT2D eigenvalue weighted by Crippen LogP contribution is -1.93. The third-order valence-electron chi connectivity index (χ3n) is 3.10. The second-order valence-corrected chi connectivity index (χ2v) is 4.08. The van der Waals surface area contributed by atoms with Crippen LogP contribution in [0.25, 0.3) is 27.3 Å². The molecule has 0 aliphatic rings. The van der Waals surface area contributed by atoms with E-state index >= 15 is 0 Å². The summed E-state index contributed by atoms with van der Waals surface area (Å²) in [5, 5.41) is 7.90. The van der Waals surface area contributed by atoms with Crippen LogP contribution in [0.1, 0.15) is 0 Å². The van der Waals surface area contributed by atoms with Crippen LogP contribution in [-0.4, -0.2) is 14.6 Å². The van der Waals surface area contributed by atoms with Crippen molar-refractivity contribution < 1.29 is 0 Å². The first-order valence-corrected chi connectivity index (χ1v) is 5.54. The second kappa shape index (κ2) is 3.04. The third kappa shape index (κ3) is 1.11. The van der Waals surface area contributed by atoms with E-state index in [1.54, 1.807) is 6.20 Å². The fourth-order valence-corrected chi connectivity index (χ4v) is 2.31. The van der Waals surface area contributed by atoms with Crippen LogP contribution in [0.15, 0.2) is 54.9 Å². The van der Waals surface area contributed by atoms with E-state index < -0.39 is 0 Å². The first kappa shape index (κ1) is 8.70. The number of nitrogens with zero attached hydrogens (tertiary/aromatic N) is 3. The zero-order valence-corrected chi connectivity index (χ0v) is 9.04. The smallest absolute Gasteiger partial charge is 0.155 e. The molecule has 0 saturated carbocycles. The van der Waals surface area contributed by atoms with Crippen molar-refractivity contribution in [3.63, 3.8) is 0 Å². The number of hydrogen-bond donors (Lipinski definition) is 0. The van der Waals surface area contributed by atoms with Gasteiger partial charge in [-0.25, -0.2) is 9.50 Å². The van der Waals surface area contributed by atoms with Gasteiger partial charge in [0.15, 0.2) is 5.65 Å². The SMILES string of the molecule is c1ccc2c(c1)ccc1cnc3ccnn3c12. The first-order chi connectivity index (χ1) is 8.43. The zero-order valence-electron chi connectivity index (χ0n) is 9.04. The molecule has 0 unspecified atom stereocenters. The number of rotatable bonds is 0.